The fourth-order valence-corrected chi connectivity index (χ4v) is 3.37. The third kappa shape index (κ3) is 3.39. The van der Waals surface area contributed by atoms with Gasteiger partial charge in [-0.3, -0.25) is 14.5 Å². The van der Waals surface area contributed by atoms with Crippen molar-refractivity contribution < 1.29 is 19.2 Å². The Bertz CT molecular complexity index is 1120. The first-order chi connectivity index (χ1) is 14.5. The number of amides is 1. The van der Waals surface area contributed by atoms with Crippen LogP contribution in [0.4, 0.5) is 11.6 Å². The molecule has 0 bridgehead atoms. The second-order valence-electron chi connectivity index (χ2n) is 6.77. The van der Waals surface area contributed by atoms with E-state index in [4.69, 9.17) is 4.74 Å². The van der Waals surface area contributed by atoms with E-state index in [-0.39, 0.29) is 17.4 Å². The fraction of sp³-hybridized carbons (Fsp3) is 0.136. The molecule has 1 aliphatic heterocycles. The van der Waals surface area contributed by atoms with Gasteiger partial charge in [-0.25, -0.2) is 0 Å². The first kappa shape index (κ1) is 19.3. The molecule has 1 aliphatic rings. The molecular weight excluding hydrogens is 386 g/mol. The Morgan fingerprint density at radius 1 is 1.07 bits per heavy atom. The fourth-order valence-electron chi connectivity index (χ4n) is 3.37. The van der Waals surface area contributed by atoms with Crippen molar-refractivity contribution in [3.63, 3.8) is 0 Å². The number of anilines is 1. The lowest BCUT2D eigenvalue weighted by Gasteiger charge is -2.34. The van der Waals surface area contributed by atoms with Crippen LogP contribution in [0.2, 0.25) is 0 Å². The molecule has 8 nitrogen and oxygen atoms in total. The van der Waals surface area contributed by atoms with Gasteiger partial charge in [0, 0.05) is 17.2 Å². The van der Waals surface area contributed by atoms with Crippen molar-refractivity contribution in [2.75, 3.05) is 4.90 Å². The van der Waals surface area contributed by atoms with Gasteiger partial charge < -0.3 is 14.9 Å². The van der Waals surface area contributed by atoms with Gasteiger partial charge in [-0.15, -0.1) is 0 Å². The summed E-state index contributed by atoms with van der Waals surface area (Å²) in [5.41, 5.74) is 1.03. The van der Waals surface area contributed by atoms with Crippen molar-refractivity contribution in [3.8, 4) is 5.75 Å². The highest BCUT2D eigenvalue weighted by Gasteiger charge is 2.44. The number of rotatable bonds is 5. The Morgan fingerprint density at radius 2 is 1.70 bits per heavy atom. The second-order valence-corrected chi connectivity index (χ2v) is 6.77. The van der Waals surface area contributed by atoms with Crippen molar-refractivity contribution >= 4 is 23.3 Å². The zero-order valence-electron chi connectivity index (χ0n) is 16.0. The lowest BCUT2D eigenvalue weighted by atomic mass is 10.0. The summed E-state index contributed by atoms with van der Waals surface area (Å²) in [6, 6.07) is 19.1. The predicted octanol–water partition coefficient (Wildman–Crippen LogP) is 3.73. The molecule has 3 aromatic rings. The van der Waals surface area contributed by atoms with Crippen LogP contribution >= 0.6 is 0 Å². The van der Waals surface area contributed by atoms with Crippen molar-refractivity contribution in [1.82, 2.24) is 4.98 Å². The first-order valence-corrected chi connectivity index (χ1v) is 9.26. The summed E-state index contributed by atoms with van der Waals surface area (Å²) in [5.74, 6) is -1.11. The number of nitrogens with zero attached hydrogens (tertiary/aromatic N) is 3. The van der Waals surface area contributed by atoms with Crippen LogP contribution < -0.4 is 9.64 Å². The van der Waals surface area contributed by atoms with Gasteiger partial charge in [-0.05, 0) is 22.9 Å². The molecule has 0 saturated heterocycles. The molecule has 0 saturated carbocycles. The molecule has 2 aromatic carbocycles. The second kappa shape index (κ2) is 7.75. The monoisotopic (exact) mass is 403 g/mol. The minimum Gasteiger partial charge on any atom is -0.469 e. The number of carbonyl (C=O) groups is 2. The minimum atomic E-state index is -0.993. The number of ketones is 1. The van der Waals surface area contributed by atoms with Gasteiger partial charge >= 0.3 is 5.82 Å². The Morgan fingerprint density at radius 3 is 2.33 bits per heavy atom. The smallest absolute Gasteiger partial charge is 0.366 e. The average molecular weight is 403 g/mol. The summed E-state index contributed by atoms with van der Waals surface area (Å²) >= 11 is 0. The van der Waals surface area contributed by atoms with Crippen LogP contribution in [0, 0.1) is 10.1 Å². The number of ether oxygens (including phenoxy) is 1. The lowest BCUT2D eigenvalue weighted by Crippen LogP contribution is -2.49. The predicted molar refractivity (Wildman–Crippen MR) is 108 cm³/mol. The number of fused-ring (bicyclic) bond motifs is 1. The number of Topliss-reactive ketones (excluding diaryl/α,β-unsaturated/α-hetero) is 1. The third-order valence-corrected chi connectivity index (χ3v) is 4.87. The summed E-state index contributed by atoms with van der Waals surface area (Å²) in [4.78, 5) is 42.2. The molecule has 0 radical (unpaired) electrons. The number of hydrogen-bond acceptors (Lipinski definition) is 6. The Balaban J connectivity index is 1.81. The van der Waals surface area contributed by atoms with E-state index in [2.05, 4.69) is 4.98 Å². The van der Waals surface area contributed by atoms with E-state index in [0.29, 0.717) is 11.1 Å². The zero-order valence-corrected chi connectivity index (χ0v) is 16.0. The first-order valence-electron chi connectivity index (χ1n) is 9.26. The summed E-state index contributed by atoms with van der Waals surface area (Å²) in [5, 5.41) is 11.2. The molecular formula is C22H17N3O5. The summed E-state index contributed by atoms with van der Waals surface area (Å²) in [6.07, 6.45) is -0.993. The molecule has 1 aromatic heterocycles. The standard InChI is InChI=1S/C22H17N3O5/c1-14(19(26)15-8-4-2-5-9-15)24-21-17(12-13-18(23-21)25(28)29)30-20(22(24)27)16-10-6-3-7-11-16/h2-14,20H,1H3. The molecule has 1 amide bonds. The van der Waals surface area contributed by atoms with Gasteiger partial charge in [0.25, 0.3) is 11.7 Å². The molecule has 150 valence electrons. The van der Waals surface area contributed by atoms with E-state index in [9.17, 15) is 19.7 Å². The molecule has 2 heterocycles. The lowest BCUT2D eigenvalue weighted by molar-refractivity contribution is -0.389. The van der Waals surface area contributed by atoms with Gasteiger partial charge in [-0.1, -0.05) is 60.7 Å². The van der Waals surface area contributed by atoms with Gasteiger partial charge in [0.15, 0.2) is 11.5 Å². The van der Waals surface area contributed by atoms with Crippen LogP contribution in [0.3, 0.4) is 0 Å². The molecule has 0 fully saturated rings. The number of benzene rings is 2. The van der Waals surface area contributed by atoms with Gasteiger partial charge in [-0.2, -0.15) is 0 Å². The molecule has 8 heteroatoms. The van der Waals surface area contributed by atoms with Crippen LogP contribution in [0.25, 0.3) is 0 Å². The van der Waals surface area contributed by atoms with Crippen LogP contribution in [0.1, 0.15) is 28.9 Å². The van der Waals surface area contributed by atoms with E-state index >= 15 is 0 Å². The summed E-state index contributed by atoms with van der Waals surface area (Å²) < 4.78 is 5.84. The van der Waals surface area contributed by atoms with Crippen molar-refractivity contribution in [3.05, 3.63) is 94.0 Å². The molecule has 2 unspecified atom stereocenters. The quantitative estimate of drug-likeness (QED) is 0.365. The maximum atomic E-state index is 13.4. The minimum absolute atomic E-state index is 0.0434. The number of pyridine rings is 1. The molecule has 0 spiro atoms. The number of nitro groups is 1. The summed E-state index contributed by atoms with van der Waals surface area (Å²) in [7, 11) is 0. The van der Waals surface area contributed by atoms with Crippen molar-refractivity contribution in [2.24, 2.45) is 0 Å². The van der Waals surface area contributed by atoms with Crippen LogP contribution in [0.15, 0.2) is 72.8 Å². The molecule has 4 rings (SSSR count). The van der Waals surface area contributed by atoms with E-state index < -0.39 is 28.8 Å². The van der Waals surface area contributed by atoms with Crippen LogP contribution in [0.5, 0.6) is 5.75 Å². The number of carbonyl (C=O) groups excluding carboxylic acids is 2. The van der Waals surface area contributed by atoms with Crippen LogP contribution in [-0.4, -0.2) is 27.6 Å². The van der Waals surface area contributed by atoms with Gasteiger partial charge in [0.05, 0.1) is 0 Å². The van der Waals surface area contributed by atoms with E-state index in [1.165, 1.54) is 17.0 Å². The highest BCUT2D eigenvalue weighted by Crippen LogP contribution is 2.40. The topological polar surface area (TPSA) is 103 Å². The van der Waals surface area contributed by atoms with Crippen molar-refractivity contribution in [1.29, 1.82) is 0 Å². The number of hydrogen-bond donors (Lipinski definition) is 0. The molecule has 30 heavy (non-hydrogen) atoms. The third-order valence-electron chi connectivity index (χ3n) is 4.87. The van der Waals surface area contributed by atoms with E-state index in [1.54, 1.807) is 61.5 Å². The van der Waals surface area contributed by atoms with Gasteiger partial charge in [0.1, 0.15) is 6.04 Å². The zero-order chi connectivity index (χ0) is 21.3. The van der Waals surface area contributed by atoms with Gasteiger partial charge in [0.2, 0.25) is 6.10 Å². The Labute approximate surface area is 171 Å². The number of aromatic nitrogens is 1. The van der Waals surface area contributed by atoms with E-state index in [0.717, 1.165) is 0 Å². The largest absolute Gasteiger partial charge is 0.469 e. The van der Waals surface area contributed by atoms with Crippen molar-refractivity contribution in [2.45, 2.75) is 19.1 Å². The van der Waals surface area contributed by atoms with Crippen LogP contribution in [-0.2, 0) is 4.79 Å². The Hall–Kier alpha value is -4.07. The highest BCUT2D eigenvalue weighted by molar-refractivity contribution is 6.10. The molecule has 0 N–H and O–H groups in total. The highest BCUT2D eigenvalue weighted by atomic mass is 16.6. The SMILES string of the molecule is CC(C(=O)c1ccccc1)N1C(=O)C(c2ccccc2)Oc2ccc([N+](=O)[O-])nc21. The maximum absolute atomic E-state index is 13.4. The molecule has 0 aliphatic carbocycles. The Kier molecular flexibility index (Phi) is 4.97. The summed E-state index contributed by atoms with van der Waals surface area (Å²) in [6.45, 7) is 1.57. The maximum Gasteiger partial charge on any atom is 0.366 e. The van der Waals surface area contributed by atoms with E-state index in [1.807, 2.05) is 6.07 Å². The normalized spacial score (nSPS) is 16.4. The molecule has 2 atom stereocenters. The average Bonchev–Trinajstić information content (AvgIpc) is 2.78.